The molecule has 0 aliphatic carbocycles. The third kappa shape index (κ3) is 3.39. The van der Waals surface area contributed by atoms with Crippen LogP contribution in [-0.2, 0) is 0 Å². The van der Waals surface area contributed by atoms with Crippen LogP contribution in [0.4, 0.5) is 0 Å². The lowest BCUT2D eigenvalue weighted by Crippen LogP contribution is -2.41. The van der Waals surface area contributed by atoms with E-state index in [0.29, 0.717) is 23.5 Å². The van der Waals surface area contributed by atoms with Crippen LogP contribution in [0.1, 0.15) is 39.0 Å². The van der Waals surface area contributed by atoms with Gasteiger partial charge in [-0.2, -0.15) is 0 Å². The molecule has 1 heterocycles. The topological polar surface area (TPSA) is 80.6 Å². The van der Waals surface area contributed by atoms with E-state index in [1.807, 2.05) is 32.0 Å². The Morgan fingerprint density at radius 2 is 1.77 bits per heavy atom. The minimum absolute atomic E-state index is 0.172. The summed E-state index contributed by atoms with van der Waals surface area (Å²) < 4.78 is 11.1. The van der Waals surface area contributed by atoms with Crippen LogP contribution in [0.3, 0.4) is 0 Å². The zero-order valence-electron chi connectivity index (χ0n) is 14.9. The standard InChI is InChI=1S/C20H20N2O4/c1-4-25-17-11-14(10-9-12(17)2)19(23)21-22-20(24)18-13(3)15-7-5-6-8-16(15)26-18/h5-11H,4H2,1-3H3,(H,21,23)(H,22,24). The van der Waals surface area contributed by atoms with Gasteiger partial charge in [-0.1, -0.05) is 24.3 Å². The van der Waals surface area contributed by atoms with Gasteiger partial charge in [-0.3, -0.25) is 20.4 Å². The summed E-state index contributed by atoms with van der Waals surface area (Å²) in [6.45, 7) is 6.09. The van der Waals surface area contributed by atoms with Crippen LogP contribution < -0.4 is 15.6 Å². The molecule has 0 aliphatic rings. The Morgan fingerprint density at radius 1 is 1.04 bits per heavy atom. The lowest BCUT2D eigenvalue weighted by atomic mass is 10.1. The molecular weight excluding hydrogens is 332 g/mol. The van der Waals surface area contributed by atoms with Crippen LogP contribution in [0, 0.1) is 13.8 Å². The Hall–Kier alpha value is -3.28. The number of carbonyl (C=O) groups is 2. The van der Waals surface area contributed by atoms with Gasteiger partial charge in [-0.25, -0.2) is 0 Å². The van der Waals surface area contributed by atoms with Crippen molar-refractivity contribution in [2.75, 3.05) is 6.61 Å². The van der Waals surface area contributed by atoms with Crippen molar-refractivity contribution in [3.05, 3.63) is 64.9 Å². The van der Waals surface area contributed by atoms with E-state index in [1.54, 1.807) is 31.2 Å². The minimum Gasteiger partial charge on any atom is -0.494 e. The highest BCUT2D eigenvalue weighted by Gasteiger charge is 2.18. The molecule has 1 aromatic heterocycles. The molecule has 3 aromatic rings. The normalized spacial score (nSPS) is 10.6. The average molecular weight is 352 g/mol. The molecule has 2 amide bonds. The molecule has 0 spiro atoms. The van der Waals surface area contributed by atoms with Crippen molar-refractivity contribution in [3.63, 3.8) is 0 Å². The van der Waals surface area contributed by atoms with Gasteiger partial charge in [0, 0.05) is 16.5 Å². The van der Waals surface area contributed by atoms with Crippen molar-refractivity contribution in [2.45, 2.75) is 20.8 Å². The molecular formula is C20H20N2O4. The van der Waals surface area contributed by atoms with Gasteiger partial charge < -0.3 is 9.15 Å². The zero-order chi connectivity index (χ0) is 18.7. The molecule has 0 radical (unpaired) electrons. The van der Waals surface area contributed by atoms with Gasteiger partial charge in [0.05, 0.1) is 6.61 Å². The van der Waals surface area contributed by atoms with Crippen LogP contribution in [0.5, 0.6) is 5.75 Å². The molecule has 0 atom stereocenters. The lowest BCUT2D eigenvalue weighted by Gasteiger charge is -2.10. The van der Waals surface area contributed by atoms with Crippen LogP contribution >= 0.6 is 0 Å². The van der Waals surface area contributed by atoms with Crippen molar-refractivity contribution in [3.8, 4) is 5.75 Å². The van der Waals surface area contributed by atoms with Gasteiger partial charge in [0.25, 0.3) is 5.91 Å². The first-order valence-electron chi connectivity index (χ1n) is 8.33. The number of hydrogen-bond donors (Lipinski definition) is 2. The van der Waals surface area contributed by atoms with Gasteiger partial charge in [-0.15, -0.1) is 0 Å². The first-order valence-corrected chi connectivity index (χ1v) is 8.33. The SMILES string of the molecule is CCOc1cc(C(=O)NNC(=O)c2oc3ccccc3c2C)ccc1C. The van der Waals surface area contributed by atoms with E-state index in [0.717, 1.165) is 16.5 Å². The van der Waals surface area contributed by atoms with Crippen molar-refractivity contribution in [1.29, 1.82) is 0 Å². The molecule has 134 valence electrons. The number of nitrogens with one attached hydrogen (secondary N) is 2. The summed E-state index contributed by atoms with van der Waals surface area (Å²) in [6, 6.07) is 12.5. The van der Waals surface area contributed by atoms with E-state index in [-0.39, 0.29) is 5.76 Å². The maximum absolute atomic E-state index is 12.4. The van der Waals surface area contributed by atoms with E-state index in [1.165, 1.54) is 0 Å². The van der Waals surface area contributed by atoms with Crippen molar-refractivity contribution < 1.29 is 18.7 Å². The number of hydrazine groups is 1. The van der Waals surface area contributed by atoms with E-state index >= 15 is 0 Å². The van der Waals surface area contributed by atoms with Crippen molar-refractivity contribution in [1.82, 2.24) is 10.9 Å². The summed E-state index contributed by atoms with van der Waals surface area (Å²) in [6.07, 6.45) is 0. The minimum atomic E-state index is -0.510. The van der Waals surface area contributed by atoms with E-state index < -0.39 is 11.8 Å². The number of hydrogen-bond acceptors (Lipinski definition) is 4. The Bertz CT molecular complexity index is 975. The molecule has 0 bridgehead atoms. The number of benzene rings is 2. The largest absolute Gasteiger partial charge is 0.494 e. The maximum Gasteiger partial charge on any atom is 0.305 e. The molecule has 3 rings (SSSR count). The molecule has 0 fully saturated rings. The number of furan rings is 1. The predicted octanol–water partition coefficient (Wildman–Crippen LogP) is 3.52. The van der Waals surface area contributed by atoms with Gasteiger partial charge in [-0.05, 0) is 44.5 Å². The van der Waals surface area contributed by atoms with Crippen LogP contribution in [0.25, 0.3) is 11.0 Å². The Labute approximate surface area is 151 Å². The van der Waals surface area contributed by atoms with Crippen LogP contribution in [-0.4, -0.2) is 18.4 Å². The number of rotatable bonds is 4. The highest BCUT2D eigenvalue weighted by atomic mass is 16.5. The average Bonchev–Trinajstić information content (AvgIpc) is 2.98. The summed E-state index contributed by atoms with van der Waals surface area (Å²) in [5.41, 5.74) is 7.47. The Morgan fingerprint density at radius 3 is 2.50 bits per heavy atom. The number of carbonyl (C=O) groups excluding carboxylic acids is 2. The third-order valence-electron chi connectivity index (χ3n) is 4.09. The first kappa shape index (κ1) is 17.5. The second kappa shape index (κ2) is 7.31. The van der Waals surface area contributed by atoms with Crippen LogP contribution in [0.2, 0.25) is 0 Å². The molecule has 6 nitrogen and oxygen atoms in total. The highest BCUT2D eigenvalue weighted by Crippen LogP contribution is 2.24. The van der Waals surface area contributed by atoms with Crippen molar-refractivity contribution >= 4 is 22.8 Å². The number of fused-ring (bicyclic) bond motifs is 1. The highest BCUT2D eigenvalue weighted by molar-refractivity contribution is 6.01. The Balaban J connectivity index is 1.71. The molecule has 0 unspecified atom stereocenters. The van der Waals surface area contributed by atoms with E-state index in [9.17, 15) is 9.59 Å². The lowest BCUT2D eigenvalue weighted by molar-refractivity contribution is 0.0831. The van der Waals surface area contributed by atoms with Crippen molar-refractivity contribution in [2.24, 2.45) is 0 Å². The summed E-state index contributed by atoms with van der Waals surface area (Å²) >= 11 is 0. The first-order chi connectivity index (χ1) is 12.5. The maximum atomic E-state index is 12.4. The van der Waals surface area contributed by atoms with Gasteiger partial charge in [0.15, 0.2) is 5.76 Å². The third-order valence-corrected chi connectivity index (χ3v) is 4.09. The molecule has 2 aromatic carbocycles. The van der Waals surface area contributed by atoms with Gasteiger partial charge in [0.1, 0.15) is 11.3 Å². The zero-order valence-corrected chi connectivity index (χ0v) is 14.9. The molecule has 6 heteroatoms. The quantitative estimate of drug-likeness (QED) is 0.704. The second-order valence-electron chi connectivity index (χ2n) is 5.87. The molecule has 0 saturated carbocycles. The fourth-order valence-corrected chi connectivity index (χ4v) is 2.69. The number of para-hydroxylation sites is 1. The molecule has 26 heavy (non-hydrogen) atoms. The number of ether oxygens (including phenoxy) is 1. The summed E-state index contributed by atoms with van der Waals surface area (Å²) in [7, 11) is 0. The molecule has 0 saturated heterocycles. The molecule has 2 N–H and O–H groups in total. The number of aryl methyl sites for hydroxylation is 2. The summed E-state index contributed by atoms with van der Waals surface area (Å²) in [5.74, 6) is -0.137. The predicted molar refractivity (Wildman–Crippen MR) is 98.2 cm³/mol. The molecule has 0 aliphatic heterocycles. The summed E-state index contributed by atoms with van der Waals surface area (Å²) in [4.78, 5) is 24.6. The van der Waals surface area contributed by atoms with E-state index in [4.69, 9.17) is 9.15 Å². The fourth-order valence-electron chi connectivity index (χ4n) is 2.69. The second-order valence-corrected chi connectivity index (χ2v) is 5.87. The fraction of sp³-hybridized carbons (Fsp3) is 0.200. The summed E-state index contributed by atoms with van der Waals surface area (Å²) in [5, 5.41) is 0.865. The smallest absolute Gasteiger partial charge is 0.305 e. The Kier molecular flexibility index (Phi) is 4.93. The van der Waals surface area contributed by atoms with Gasteiger partial charge >= 0.3 is 5.91 Å². The monoisotopic (exact) mass is 352 g/mol. The van der Waals surface area contributed by atoms with Gasteiger partial charge in [0.2, 0.25) is 0 Å². The van der Waals surface area contributed by atoms with E-state index in [2.05, 4.69) is 10.9 Å². The van der Waals surface area contributed by atoms with Crippen LogP contribution in [0.15, 0.2) is 46.9 Å². The number of amides is 2.